The van der Waals surface area contributed by atoms with E-state index < -0.39 is 0 Å². The summed E-state index contributed by atoms with van der Waals surface area (Å²) in [7, 11) is 1.63. The van der Waals surface area contributed by atoms with Gasteiger partial charge in [0, 0.05) is 23.5 Å². The number of benzene rings is 1. The van der Waals surface area contributed by atoms with Crippen LogP contribution in [0.1, 0.15) is 13.3 Å². The molecule has 0 saturated carbocycles. The lowest BCUT2D eigenvalue weighted by molar-refractivity contribution is 0.417. The van der Waals surface area contributed by atoms with E-state index in [1.165, 1.54) is 0 Å². The number of nitrogens with one attached hydrogen (secondary N) is 1. The van der Waals surface area contributed by atoms with Crippen LogP contribution in [0.5, 0.6) is 5.75 Å². The summed E-state index contributed by atoms with van der Waals surface area (Å²) < 4.78 is 5.19. The number of hydrogen-bond donors (Lipinski definition) is 2. The predicted octanol–water partition coefficient (Wildman–Crippen LogP) is 2.83. The fourth-order valence-corrected chi connectivity index (χ4v) is 2.22. The number of thioether (sulfide) groups is 1. The van der Waals surface area contributed by atoms with Crippen molar-refractivity contribution in [3.8, 4) is 5.75 Å². The van der Waals surface area contributed by atoms with E-state index in [4.69, 9.17) is 10.5 Å². The molecule has 1 aromatic carbocycles. The minimum absolute atomic E-state index is 0.489. The predicted molar refractivity (Wildman–Crippen MR) is 73.5 cm³/mol. The lowest BCUT2D eigenvalue weighted by Gasteiger charge is -2.18. The van der Waals surface area contributed by atoms with Crippen molar-refractivity contribution in [1.82, 2.24) is 0 Å². The van der Waals surface area contributed by atoms with Crippen molar-refractivity contribution in [2.24, 2.45) is 0 Å². The molecule has 0 aliphatic rings. The molecular formula is C12H20N2OS. The highest BCUT2D eigenvalue weighted by Crippen LogP contribution is 2.25. The van der Waals surface area contributed by atoms with Crippen LogP contribution in [-0.4, -0.2) is 25.2 Å². The number of nitrogens with two attached hydrogens (primary N) is 1. The maximum atomic E-state index is 5.77. The van der Waals surface area contributed by atoms with Gasteiger partial charge >= 0.3 is 0 Å². The third-order valence-electron chi connectivity index (χ3n) is 2.46. The van der Waals surface area contributed by atoms with Gasteiger partial charge in [-0.25, -0.2) is 0 Å². The molecule has 0 heterocycles. The van der Waals surface area contributed by atoms with E-state index in [1.54, 1.807) is 7.11 Å². The summed E-state index contributed by atoms with van der Waals surface area (Å²) in [6.45, 7) is 2.18. The normalized spacial score (nSPS) is 12.2. The van der Waals surface area contributed by atoms with E-state index in [0.29, 0.717) is 11.7 Å². The smallest absolute Gasteiger partial charge is 0.143 e. The summed E-state index contributed by atoms with van der Waals surface area (Å²) in [6, 6.07) is 6.29. The summed E-state index contributed by atoms with van der Waals surface area (Å²) in [5.74, 6) is 1.83. The summed E-state index contributed by atoms with van der Waals surface area (Å²) in [5.41, 5.74) is 7.50. The highest BCUT2D eigenvalue weighted by molar-refractivity contribution is 7.98. The average Bonchev–Trinajstić information content (AvgIpc) is 2.30. The molecule has 1 rings (SSSR count). The number of nitrogen functional groups attached to an aromatic ring is 1. The van der Waals surface area contributed by atoms with Gasteiger partial charge < -0.3 is 15.8 Å². The molecule has 0 aromatic heterocycles. The maximum absolute atomic E-state index is 5.77. The van der Waals surface area contributed by atoms with Gasteiger partial charge in [0.25, 0.3) is 0 Å². The molecule has 0 fully saturated rings. The van der Waals surface area contributed by atoms with Crippen molar-refractivity contribution in [3.63, 3.8) is 0 Å². The maximum Gasteiger partial charge on any atom is 0.143 e. The molecule has 1 atom stereocenters. The Morgan fingerprint density at radius 1 is 1.50 bits per heavy atom. The second-order valence-electron chi connectivity index (χ2n) is 3.66. The SMILES string of the molecule is CCC(CSC)Nc1ccc(N)c(OC)c1. The molecule has 0 aliphatic carbocycles. The Hall–Kier alpha value is -1.03. The van der Waals surface area contributed by atoms with Crippen LogP contribution < -0.4 is 15.8 Å². The second kappa shape index (κ2) is 6.53. The first-order valence-corrected chi connectivity index (χ1v) is 6.79. The van der Waals surface area contributed by atoms with Crippen LogP contribution in [0, 0.1) is 0 Å². The molecule has 0 aliphatic heterocycles. The van der Waals surface area contributed by atoms with Crippen LogP contribution in [0.4, 0.5) is 11.4 Å². The van der Waals surface area contributed by atoms with Crippen molar-refractivity contribution in [2.45, 2.75) is 19.4 Å². The molecule has 4 heteroatoms. The zero-order valence-electron chi connectivity index (χ0n) is 10.1. The minimum atomic E-state index is 0.489. The number of anilines is 2. The Morgan fingerprint density at radius 3 is 2.81 bits per heavy atom. The molecule has 0 radical (unpaired) electrons. The number of methoxy groups -OCH3 is 1. The van der Waals surface area contributed by atoms with Gasteiger partial charge in [-0.15, -0.1) is 0 Å². The first-order chi connectivity index (χ1) is 7.71. The topological polar surface area (TPSA) is 47.3 Å². The third-order valence-corrected chi connectivity index (χ3v) is 3.20. The van der Waals surface area contributed by atoms with Gasteiger partial charge in [0.2, 0.25) is 0 Å². The van der Waals surface area contributed by atoms with Crippen molar-refractivity contribution >= 4 is 23.1 Å². The van der Waals surface area contributed by atoms with E-state index in [0.717, 1.165) is 23.6 Å². The first kappa shape index (κ1) is 13.0. The van der Waals surface area contributed by atoms with Crippen molar-refractivity contribution in [3.05, 3.63) is 18.2 Å². The van der Waals surface area contributed by atoms with Crippen molar-refractivity contribution in [2.75, 3.05) is 30.2 Å². The third kappa shape index (κ3) is 3.52. The summed E-state index contributed by atoms with van der Waals surface area (Å²) in [5, 5.41) is 3.48. The number of ether oxygens (including phenoxy) is 1. The molecule has 0 spiro atoms. The lowest BCUT2D eigenvalue weighted by atomic mass is 10.2. The number of hydrogen-bond acceptors (Lipinski definition) is 4. The van der Waals surface area contributed by atoms with Gasteiger partial charge in [0.05, 0.1) is 12.8 Å². The van der Waals surface area contributed by atoms with E-state index in [-0.39, 0.29) is 0 Å². The van der Waals surface area contributed by atoms with Crippen LogP contribution in [0.25, 0.3) is 0 Å². The van der Waals surface area contributed by atoms with Gasteiger partial charge in [-0.05, 0) is 24.8 Å². The molecule has 0 bridgehead atoms. The van der Waals surface area contributed by atoms with E-state index >= 15 is 0 Å². The Balaban J connectivity index is 2.72. The Kier molecular flexibility index (Phi) is 5.32. The fraction of sp³-hybridized carbons (Fsp3) is 0.500. The molecular weight excluding hydrogens is 220 g/mol. The Morgan fingerprint density at radius 2 is 2.25 bits per heavy atom. The van der Waals surface area contributed by atoms with E-state index in [9.17, 15) is 0 Å². The zero-order chi connectivity index (χ0) is 12.0. The van der Waals surface area contributed by atoms with Gasteiger partial charge in [-0.3, -0.25) is 0 Å². The molecule has 1 unspecified atom stereocenters. The molecule has 1 aromatic rings. The van der Waals surface area contributed by atoms with Crippen LogP contribution in [-0.2, 0) is 0 Å². The summed E-state index contributed by atoms with van der Waals surface area (Å²) in [6.07, 6.45) is 3.22. The average molecular weight is 240 g/mol. The van der Waals surface area contributed by atoms with Crippen molar-refractivity contribution in [1.29, 1.82) is 0 Å². The Bertz CT molecular complexity index is 331. The molecule has 3 N–H and O–H groups in total. The molecule has 0 saturated heterocycles. The second-order valence-corrected chi connectivity index (χ2v) is 4.57. The van der Waals surface area contributed by atoms with Gasteiger partial charge in [0.15, 0.2) is 0 Å². The van der Waals surface area contributed by atoms with Gasteiger partial charge in [-0.2, -0.15) is 11.8 Å². The number of rotatable bonds is 6. The highest BCUT2D eigenvalue weighted by Gasteiger charge is 2.06. The van der Waals surface area contributed by atoms with Crippen LogP contribution in [0.3, 0.4) is 0 Å². The van der Waals surface area contributed by atoms with Gasteiger partial charge in [0.1, 0.15) is 5.75 Å². The summed E-state index contributed by atoms with van der Waals surface area (Å²) >= 11 is 1.85. The van der Waals surface area contributed by atoms with Crippen LogP contribution in [0.15, 0.2) is 18.2 Å². The monoisotopic (exact) mass is 240 g/mol. The molecule has 0 amide bonds. The van der Waals surface area contributed by atoms with E-state index in [2.05, 4.69) is 18.5 Å². The first-order valence-electron chi connectivity index (χ1n) is 5.40. The highest BCUT2D eigenvalue weighted by atomic mass is 32.2. The zero-order valence-corrected chi connectivity index (χ0v) is 10.9. The van der Waals surface area contributed by atoms with Crippen LogP contribution in [0.2, 0.25) is 0 Å². The van der Waals surface area contributed by atoms with E-state index in [1.807, 2.05) is 30.0 Å². The quantitative estimate of drug-likeness (QED) is 0.751. The molecule has 3 nitrogen and oxygen atoms in total. The lowest BCUT2D eigenvalue weighted by Crippen LogP contribution is -2.21. The van der Waals surface area contributed by atoms with Crippen molar-refractivity contribution < 1.29 is 4.74 Å². The summed E-state index contributed by atoms with van der Waals surface area (Å²) in [4.78, 5) is 0. The minimum Gasteiger partial charge on any atom is -0.495 e. The molecule has 16 heavy (non-hydrogen) atoms. The van der Waals surface area contributed by atoms with Crippen LogP contribution >= 0.6 is 11.8 Å². The fourth-order valence-electron chi connectivity index (χ4n) is 1.50. The Labute approximate surface area is 102 Å². The standard InChI is InChI=1S/C12H20N2OS/c1-4-9(8-16-3)14-10-5-6-11(13)12(7-10)15-2/h5-7,9,14H,4,8,13H2,1-3H3. The largest absolute Gasteiger partial charge is 0.495 e. The molecule has 90 valence electrons. The van der Waals surface area contributed by atoms with Gasteiger partial charge in [-0.1, -0.05) is 6.92 Å².